The number of carboxylic acid groups (broad SMARTS) is 1. The minimum absolute atomic E-state index is 0. The molecule has 0 aromatic carbocycles. The lowest BCUT2D eigenvalue weighted by Gasteiger charge is -2.31. The van der Waals surface area contributed by atoms with Crippen LogP contribution in [0.4, 0.5) is 0 Å². The van der Waals surface area contributed by atoms with Gasteiger partial charge in [0.1, 0.15) is 0 Å². The van der Waals surface area contributed by atoms with Crippen LogP contribution in [-0.2, 0) is 152 Å². The molecule has 2 N–H and O–H groups in total. The number of unbranched alkanes of at least 4 members (excludes halogenated alkanes) is 1. The molecule has 0 spiro atoms. The predicted octanol–water partition coefficient (Wildman–Crippen LogP) is 19.2. The molecule has 4 amide bonds. The first-order valence-corrected chi connectivity index (χ1v) is 51.0. The molecule has 0 aromatic rings. The van der Waals surface area contributed by atoms with Gasteiger partial charge in [-0.05, 0) is 156 Å². The fraction of sp³-hybridized carbons (Fsp3) is 0.908. The van der Waals surface area contributed by atoms with E-state index >= 15 is 0 Å². The maximum absolute atomic E-state index is 13.3. The number of amides is 4. The lowest BCUT2D eigenvalue weighted by atomic mass is 10.2. The summed E-state index contributed by atoms with van der Waals surface area (Å²) in [4.78, 5) is 71.5. The predicted molar refractivity (Wildman–Crippen MR) is 427 cm³/mol. The van der Waals surface area contributed by atoms with Gasteiger partial charge in [0.25, 0.3) is 23.6 Å². The quantitative estimate of drug-likeness (QED) is 0.0188. The summed E-state index contributed by atoms with van der Waals surface area (Å²) < 4.78 is 198. The number of rotatable bonds is 54. The van der Waals surface area contributed by atoms with Crippen LogP contribution < -0.4 is 0 Å². The van der Waals surface area contributed by atoms with E-state index in [0.717, 1.165) is 44.2 Å². The molecular weight excluding hydrogens is 1700 g/mol. The summed E-state index contributed by atoms with van der Waals surface area (Å²) in [5.74, 6) is -4.64. The highest BCUT2D eigenvalue weighted by atomic mass is 79.9. The van der Waals surface area contributed by atoms with Crippen molar-refractivity contribution in [1.82, 2.24) is 10.1 Å². The third-order valence-electron chi connectivity index (χ3n) is 13.5. The standard InChI is InChI=1S/C16H29NO10P2.C13H30O6P2.C12H26O8P2.C9H22O6P2.C8H15BrO2.C4H5NO3.3CH4/c1-5-23-28(21,24-6-2)16(29(22,25-7-3)26-8-4)12-11-15(20)27-17-13(18)9-10-14(17)19;1-6-11-12-13(20(14,16-7-2)17-8-3)21(15,18-9-4)19-10-5;1-5-17-21(15,18-6-2)12(10-9-11(13)14)22(16,19-7-3)20-8-4;1-5-12-16(10,13-6-2)9-17(11,14-7-3)15-8-4;9-5-3-7-11-8-4-1-2-6-10-8;6-3-1-2-4(7)5(3)8;;;/h16H,5-12H2,1-4H3;13H,6-12H2,1-5H3;12H,5-10H2,1-4H3,(H,13,14);5-9H2,1-4H3;8H,1-7H2;8H,1-2H2;3*1H4. The number of nitrogens with zero attached hydrogens (tertiary/aromatic N) is 2. The second-order valence-electron chi connectivity index (χ2n) is 21.7. The zero-order valence-corrected chi connectivity index (χ0v) is 75.0. The molecule has 3 saturated heterocycles. The van der Waals surface area contributed by atoms with Crippen molar-refractivity contribution in [3.63, 3.8) is 0 Å². The summed E-state index contributed by atoms with van der Waals surface area (Å²) in [5.41, 5.74) is 0. The molecule has 666 valence electrons. The summed E-state index contributed by atoms with van der Waals surface area (Å²) in [6.07, 6.45) is 5.69. The van der Waals surface area contributed by atoms with Gasteiger partial charge in [-0.1, -0.05) is 58.0 Å². The van der Waals surface area contributed by atoms with E-state index < -0.39 is 119 Å². The maximum Gasteiger partial charge on any atom is 0.345 e. The molecule has 3 heterocycles. The molecule has 3 aliphatic rings. The van der Waals surface area contributed by atoms with Crippen LogP contribution in [0.5, 0.6) is 0 Å². The van der Waals surface area contributed by atoms with Crippen molar-refractivity contribution in [3.8, 4) is 0 Å². The summed E-state index contributed by atoms with van der Waals surface area (Å²) in [5, 5.41) is 15.3. The summed E-state index contributed by atoms with van der Waals surface area (Å²) >= 11 is 3.35. The van der Waals surface area contributed by atoms with Crippen molar-refractivity contribution in [1.29, 1.82) is 0 Å². The van der Waals surface area contributed by atoms with Gasteiger partial charge >= 0.3 is 72.7 Å². The van der Waals surface area contributed by atoms with Crippen molar-refractivity contribution in [3.05, 3.63) is 0 Å². The molecule has 0 aliphatic carbocycles. The fourth-order valence-electron chi connectivity index (χ4n) is 9.49. The lowest BCUT2D eigenvalue weighted by molar-refractivity contribution is -0.197. The smallest absolute Gasteiger partial charge is 0.345 e. The molecule has 3 aliphatic heterocycles. The van der Waals surface area contributed by atoms with Crippen molar-refractivity contribution >= 4 is 112 Å². The summed E-state index contributed by atoms with van der Waals surface area (Å²) in [7, 11) is -29.6. The molecule has 0 aromatic heterocycles. The van der Waals surface area contributed by atoms with Gasteiger partial charge in [0.2, 0.25) is 0 Å². The number of alkyl halides is 1. The number of halogens is 1. The maximum atomic E-state index is 13.3. The van der Waals surface area contributed by atoms with Crippen molar-refractivity contribution in [2.24, 2.45) is 0 Å². The number of hydrogen-bond acceptors (Lipinski definition) is 34. The normalized spacial score (nSPS) is 15.0. The Bertz CT molecular complexity index is 2690. The third-order valence-corrected chi connectivity index (χ3v) is 37.9. The van der Waals surface area contributed by atoms with Crippen LogP contribution in [0.15, 0.2) is 0 Å². The number of imide groups is 2. The first-order valence-electron chi connectivity index (χ1n) is 36.7. The van der Waals surface area contributed by atoms with E-state index in [1.165, 1.54) is 12.8 Å². The summed E-state index contributed by atoms with van der Waals surface area (Å²) in [6, 6.07) is 0. The van der Waals surface area contributed by atoms with E-state index in [0.29, 0.717) is 11.5 Å². The van der Waals surface area contributed by atoms with Crippen LogP contribution in [0.3, 0.4) is 0 Å². The van der Waals surface area contributed by atoms with Crippen molar-refractivity contribution in [2.75, 3.05) is 130 Å². The molecule has 0 saturated carbocycles. The minimum atomic E-state index is -4.00. The zero-order chi connectivity index (χ0) is 83.1. The lowest BCUT2D eigenvalue weighted by Crippen LogP contribution is -2.32. The third kappa shape index (κ3) is 47.4. The van der Waals surface area contributed by atoms with Crippen LogP contribution in [0.1, 0.15) is 236 Å². The molecule has 1 unspecified atom stereocenters. The van der Waals surface area contributed by atoms with Crippen LogP contribution >= 0.6 is 76.7 Å². The Labute approximate surface area is 670 Å². The van der Waals surface area contributed by atoms with Crippen LogP contribution in [0, 0.1) is 0 Å². The molecule has 3 fully saturated rings. The van der Waals surface area contributed by atoms with E-state index in [2.05, 4.69) is 15.9 Å². The largest absolute Gasteiger partial charge is 0.481 e. The number of carbonyl (C=O) groups excluding carboxylic acids is 5. The minimum Gasteiger partial charge on any atom is -0.481 e. The van der Waals surface area contributed by atoms with E-state index in [9.17, 15) is 65.3 Å². The zero-order valence-electron chi connectivity index (χ0n) is 66.3. The van der Waals surface area contributed by atoms with Crippen LogP contribution in [0.2, 0.25) is 0 Å². The van der Waals surface area contributed by atoms with Gasteiger partial charge in [-0.3, -0.25) is 65.7 Å². The van der Waals surface area contributed by atoms with Gasteiger partial charge in [0.05, 0.1) is 112 Å². The van der Waals surface area contributed by atoms with Crippen molar-refractivity contribution in [2.45, 2.75) is 259 Å². The highest BCUT2D eigenvalue weighted by Gasteiger charge is 2.53. The molecule has 0 bridgehead atoms. The molecule has 46 heteroatoms. The Kier molecular flexibility index (Phi) is 73.4. The molecule has 111 heavy (non-hydrogen) atoms. The first-order chi connectivity index (χ1) is 51.0. The molecule has 1 atom stereocenters. The highest BCUT2D eigenvalue weighted by molar-refractivity contribution is 9.09. The fourth-order valence-corrected chi connectivity index (χ4v) is 30.6. The average molecular weight is 1840 g/mol. The average Bonchev–Trinajstić information content (AvgIpc) is 1.21. The van der Waals surface area contributed by atoms with Gasteiger partial charge in [-0.15, -0.1) is 5.06 Å². The summed E-state index contributed by atoms with van der Waals surface area (Å²) in [6.45, 7) is 32.3. The van der Waals surface area contributed by atoms with Gasteiger partial charge < -0.3 is 91.8 Å². The van der Waals surface area contributed by atoms with Crippen molar-refractivity contribution < 1.29 is 162 Å². The van der Waals surface area contributed by atoms with E-state index in [4.69, 9.17) is 97.0 Å². The first kappa shape index (κ1) is 121. The SMILES string of the molecule is BrCCCOC1CCCCO1.C.C.C.CCCCC(P(=O)(OCC)OCC)P(=O)(OCC)OCC.CCOP(=O)(CP(=O)(OCC)OCC)OCC.CCOP(=O)(OCC)C(CCC(=O)O)P(=O)(OCC)OCC.CCOP(=O)(OCC)C(CCC(=O)ON1C(=O)CCC1=O)P(=O)(OCC)OCC.O=C1CCC(=O)N1O. The Morgan fingerprint density at radius 1 is 0.423 bits per heavy atom. The van der Waals surface area contributed by atoms with Gasteiger partial charge in [0, 0.05) is 50.5 Å². The molecule has 0 radical (unpaired) electrons. The monoisotopic (exact) mass is 1830 g/mol. The number of hydrogen-bond donors (Lipinski definition) is 2. The number of ether oxygens (including phenoxy) is 2. The van der Waals surface area contributed by atoms with Gasteiger partial charge in [-0.25, -0.2) is 4.79 Å². The second-order valence-corrected chi connectivity index (χ2v) is 41.6. The van der Waals surface area contributed by atoms with Crippen LogP contribution in [-0.4, -0.2) is 209 Å². The molecule has 3 rings (SSSR count). The number of hydroxylamine groups is 4. The second kappa shape index (κ2) is 67.5. The Morgan fingerprint density at radius 2 is 0.703 bits per heavy atom. The van der Waals surface area contributed by atoms with E-state index in [1.807, 2.05) is 6.92 Å². The molecular formula is C65H139BrN2O35P8. The van der Waals surface area contributed by atoms with E-state index in [-0.39, 0.29) is 190 Å². The number of carbonyl (C=O) groups is 6. The Balaban J connectivity index is -0.000000307. The highest BCUT2D eigenvalue weighted by Crippen LogP contribution is 2.74. The topological polar surface area (TPSA) is 461 Å². The Morgan fingerprint density at radius 3 is 0.937 bits per heavy atom. The number of aliphatic carboxylic acids is 1. The van der Waals surface area contributed by atoms with Gasteiger partial charge in [-0.2, -0.15) is 5.06 Å². The Hall–Kier alpha value is -1.22. The van der Waals surface area contributed by atoms with E-state index in [1.54, 1.807) is 111 Å². The van der Waals surface area contributed by atoms with Crippen LogP contribution in [0.25, 0.3) is 0 Å². The number of carboxylic acids is 1. The van der Waals surface area contributed by atoms with Gasteiger partial charge in [0.15, 0.2) is 28.4 Å². The molecule has 37 nitrogen and oxygen atoms in total.